The molecule has 2 N–H and O–H groups in total. The summed E-state index contributed by atoms with van der Waals surface area (Å²) in [5.41, 5.74) is 6.82. The molecule has 0 bridgehead atoms. The van der Waals surface area contributed by atoms with Crippen molar-refractivity contribution in [1.29, 1.82) is 0 Å². The van der Waals surface area contributed by atoms with Gasteiger partial charge in [0.1, 0.15) is 0 Å². The van der Waals surface area contributed by atoms with E-state index in [0.717, 1.165) is 25.3 Å². The molecule has 0 unspecified atom stereocenters. The van der Waals surface area contributed by atoms with Crippen molar-refractivity contribution >= 4 is 0 Å². The van der Waals surface area contributed by atoms with E-state index in [9.17, 15) is 0 Å². The lowest BCUT2D eigenvalue weighted by molar-refractivity contribution is 0.289. The molecule has 19 heavy (non-hydrogen) atoms. The predicted octanol–water partition coefficient (Wildman–Crippen LogP) is 3.55. The number of rotatable bonds is 6. The molecule has 2 rings (SSSR count). The first-order chi connectivity index (χ1) is 9.19. The number of nitrogens with two attached hydrogens (primary N) is 1. The third-order valence-electron chi connectivity index (χ3n) is 4.52. The van der Waals surface area contributed by atoms with Gasteiger partial charge in [0.15, 0.2) is 0 Å². The number of hydrogen-bond donors (Lipinski definition) is 1. The van der Waals surface area contributed by atoms with Crippen LogP contribution in [0.5, 0.6) is 0 Å². The van der Waals surface area contributed by atoms with Gasteiger partial charge in [-0.3, -0.25) is 0 Å². The first kappa shape index (κ1) is 14.6. The molecule has 1 saturated carbocycles. The van der Waals surface area contributed by atoms with Crippen LogP contribution < -0.4 is 5.73 Å². The van der Waals surface area contributed by atoms with Crippen LogP contribution in [0.3, 0.4) is 0 Å². The third kappa shape index (κ3) is 4.34. The highest BCUT2D eigenvalue weighted by molar-refractivity contribution is 4.99. The maximum atomic E-state index is 5.56. The molecule has 1 aliphatic rings. The minimum absolute atomic E-state index is 0.691. The SMILES string of the molecule is CC1CCC(n2cnc(C[C@@H](C)CCCN)c2)CC1. The Balaban J connectivity index is 1.84. The lowest BCUT2D eigenvalue weighted by Gasteiger charge is -2.26. The lowest BCUT2D eigenvalue weighted by Crippen LogP contribution is -2.15. The molecule has 0 aromatic carbocycles. The average molecular weight is 263 g/mol. The van der Waals surface area contributed by atoms with Gasteiger partial charge in [-0.05, 0) is 63.3 Å². The van der Waals surface area contributed by atoms with Crippen molar-refractivity contribution in [3.8, 4) is 0 Å². The van der Waals surface area contributed by atoms with Crippen LogP contribution in [0, 0.1) is 11.8 Å². The molecule has 0 spiro atoms. The van der Waals surface area contributed by atoms with Crippen LogP contribution in [0.15, 0.2) is 12.5 Å². The van der Waals surface area contributed by atoms with Gasteiger partial charge in [0, 0.05) is 12.2 Å². The van der Waals surface area contributed by atoms with Crippen molar-refractivity contribution in [3.63, 3.8) is 0 Å². The van der Waals surface area contributed by atoms with E-state index in [-0.39, 0.29) is 0 Å². The molecule has 0 amide bonds. The molecule has 1 aromatic heterocycles. The number of hydrogen-bond acceptors (Lipinski definition) is 2. The molecule has 3 heteroatoms. The molecule has 1 heterocycles. The van der Waals surface area contributed by atoms with Crippen LogP contribution in [-0.4, -0.2) is 16.1 Å². The third-order valence-corrected chi connectivity index (χ3v) is 4.52. The van der Waals surface area contributed by atoms with Crippen LogP contribution in [0.4, 0.5) is 0 Å². The van der Waals surface area contributed by atoms with Crippen molar-refractivity contribution in [2.45, 2.75) is 64.8 Å². The Morgan fingerprint density at radius 3 is 2.79 bits per heavy atom. The van der Waals surface area contributed by atoms with Crippen LogP contribution in [0.25, 0.3) is 0 Å². The zero-order valence-corrected chi connectivity index (χ0v) is 12.5. The standard InChI is InChI=1S/C16H29N3/c1-13-5-7-16(8-6-13)19-11-15(18-12-19)10-14(2)4-3-9-17/h11-14,16H,3-10,17H2,1-2H3/t13?,14-,16?/m0/s1. The van der Waals surface area contributed by atoms with Crippen molar-refractivity contribution < 1.29 is 0 Å². The summed E-state index contributed by atoms with van der Waals surface area (Å²) in [6.07, 6.45) is 13.1. The molecular weight excluding hydrogens is 234 g/mol. The highest BCUT2D eigenvalue weighted by atomic mass is 15.1. The summed E-state index contributed by atoms with van der Waals surface area (Å²) in [5, 5.41) is 0. The van der Waals surface area contributed by atoms with Crippen molar-refractivity contribution in [2.24, 2.45) is 17.6 Å². The minimum atomic E-state index is 0.691. The second-order valence-electron chi connectivity index (χ2n) is 6.47. The zero-order valence-electron chi connectivity index (χ0n) is 12.5. The van der Waals surface area contributed by atoms with Crippen LogP contribution in [0.2, 0.25) is 0 Å². The van der Waals surface area contributed by atoms with Gasteiger partial charge in [-0.25, -0.2) is 4.98 Å². The van der Waals surface area contributed by atoms with Gasteiger partial charge >= 0.3 is 0 Å². The Hall–Kier alpha value is -0.830. The number of nitrogens with zero attached hydrogens (tertiary/aromatic N) is 2. The Bertz CT molecular complexity index is 364. The fourth-order valence-corrected chi connectivity index (χ4v) is 3.15. The monoisotopic (exact) mass is 263 g/mol. The summed E-state index contributed by atoms with van der Waals surface area (Å²) in [5.74, 6) is 1.61. The summed E-state index contributed by atoms with van der Waals surface area (Å²) in [4.78, 5) is 4.59. The lowest BCUT2D eigenvalue weighted by atomic mass is 9.87. The van der Waals surface area contributed by atoms with E-state index in [0.29, 0.717) is 12.0 Å². The van der Waals surface area contributed by atoms with Gasteiger partial charge in [0.2, 0.25) is 0 Å². The van der Waals surface area contributed by atoms with Gasteiger partial charge in [-0.2, -0.15) is 0 Å². The van der Waals surface area contributed by atoms with E-state index in [1.54, 1.807) is 0 Å². The van der Waals surface area contributed by atoms with Crippen molar-refractivity contribution in [3.05, 3.63) is 18.2 Å². The van der Waals surface area contributed by atoms with E-state index in [1.807, 2.05) is 6.33 Å². The molecule has 0 aliphatic heterocycles. The molecule has 1 aromatic rings. The van der Waals surface area contributed by atoms with Crippen LogP contribution in [-0.2, 0) is 6.42 Å². The minimum Gasteiger partial charge on any atom is -0.334 e. The zero-order chi connectivity index (χ0) is 13.7. The first-order valence-electron chi connectivity index (χ1n) is 7.91. The largest absolute Gasteiger partial charge is 0.334 e. The smallest absolute Gasteiger partial charge is 0.0951 e. The van der Waals surface area contributed by atoms with Crippen molar-refractivity contribution in [1.82, 2.24) is 9.55 Å². The fourth-order valence-electron chi connectivity index (χ4n) is 3.15. The van der Waals surface area contributed by atoms with Gasteiger partial charge < -0.3 is 10.3 Å². The normalized spacial score (nSPS) is 25.4. The molecule has 1 aliphatic carbocycles. The quantitative estimate of drug-likeness (QED) is 0.853. The second-order valence-corrected chi connectivity index (χ2v) is 6.47. The molecular formula is C16H29N3. The summed E-state index contributed by atoms with van der Waals surface area (Å²) in [7, 11) is 0. The maximum Gasteiger partial charge on any atom is 0.0951 e. The summed E-state index contributed by atoms with van der Waals surface area (Å²) in [6.45, 7) is 5.48. The van der Waals surface area contributed by atoms with Gasteiger partial charge in [-0.1, -0.05) is 13.8 Å². The Morgan fingerprint density at radius 2 is 2.11 bits per heavy atom. The summed E-state index contributed by atoms with van der Waals surface area (Å²) >= 11 is 0. The van der Waals surface area contributed by atoms with Crippen molar-refractivity contribution in [2.75, 3.05) is 6.54 Å². The average Bonchev–Trinajstić information content (AvgIpc) is 2.85. The molecule has 0 radical (unpaired) electrons. The Labute approximate surface area is 117 Å². The highest BCUT2D eigenvalue weighted by Gasteiger charge is 2.19. The molecule has 1 atom stereocenters. The van der Waals surface area contributed by atoms with Gasteiger partial charge in [0.05, 0.1) is 12.0 Å². The highest BCUT2D eigenvalue weighted by Crippen LogP contribution is 2.31. The first-order valence-corrected chi connectivity index (χ1v) is 7.91. The Kier molecular flexibility index (Phi) is 5.44. The topological polar surface area (TPSA) is 43.8 Å². The summed E-state index contributed by atoms with van der Waals surface area (Å²) < 4.78 is 2.36. The molecule has 0 saturated heterocycles. The predicted molar refractivity (Wildman–Crippen MR) is 80.1 cm³/mol. The molecule has 1 fully saturated rings. The molecule has 3 nitrogen and oxygen atoms in total. The molecule has 108 valence electrons. The van der Waals surface area contributed by atoms with E-state index in [2.05, 4.69) is 29.6 Å². The fraction of sp³-hybridized carbons (Fsp3) is 0.812. The van der Waals surface area contributed by atoms with E-state index in [1.165, 1.54) is 37.8 Å². The van der Waals surface area contributed by atoms with E-state index in [4.69, 9.17) is 5.73 Å². The van der Waals surface area contributed by atoms with Gasteiger partial charge in [-0.15, -0.1) is 0 Å². The number of aromatic nitrogens is 2. The van der Waals surface area contributed by atoms with Gasteiger partial charge in [0.25, 0.3) is 0 Å². The Morgan fingerprint density at radius 1 is 1.37 bits per heavy atom. The maximum absolute atomic E-state index is 5.56. The summed E-state index contributed by atoms with van der Waals surface area (Å²) in [6, 6.07) is 0.691. The van der Waals surface area contributed by atoms with E-state index >= 15 is 0 Å². The second kappa shape index (κ2) is 7.09. The van der Waals surface area contributed by atoms with Crippen LogP contribution >= 0.6 is 0 Å². The van der Waals surface area contributed by atoms with Crippen LogP contribution in [0.1, 0.15) is 64.1 Å². The van der Waals surface area contributed by atoms with E-state index < -0.39 is 0 Å². The number of imidazole rings is 1.